The van der Waals surface area contributed by atoms with Crippen molar-refractivity contribution >= 4 is 11.7 Å². The third-order valence-electron chi connectivity index (χ3n) is 3.88. The van der Waals surface area contributed by atoms with Gasteiger partial charge in [-0.3, -0.25) is 0 Å². The maximum atomic E-state index is 11.0. The molecule has 0 aromatic heterocycles. The molecule has 1 aromatic rings. The Bertz CT molecular complexity index is 417. The number of carboxylic acid groups (broad SMARTS) is 1. The molecule has 1 saturated heterocycles. The molecule has 1 aromatic carbocycles. The third kappa shape index (κ3) is 3.03. The highest BCUT2D eigenvalue weighted by molar-refractivity contribution is 5.88. The maximum Gasteiger partial charge on any atom is 0.335 e. The minimum absolute atomic E-state index is 0.379. The van der Waals surface area contributed by atoms with Crippen LogP contribution >= 0.6 is 0 Å². The van der Waals surface area contributed by atoms with Gasteiger partial charge in [0, 0.05) is 18.8 Å². The van der Waals surface area contributed by atoms with Gasteiger partial charge in [-0.15, -0.1) is 0 Å². The molecule has 0 bridgehead atoms. The lowest BCUT2D eigenvalue weighted by atomic mass is 9.98. The van der Waals surface area contributed by atoms with E-state index >= 15 is 0 Å². The van der Waals surface area contributed by atoms with Crippen molar-refractivity contribution in [3.63, 3.8) is 0 Å². The molecular weight excluding hydrogens is 226 g/mol. The van der Waals surface area contributed by atoms with Crippen LogP contribution in [0.3, 0.4) is 0 Å². The lowest BCUT2D eigenvalue weighted by Crippen LogP contribution is -2.24. The summed E-state index contributed by atoms with van der Waals surface area (Å²) >= 11 is 0. The summed E-state index contributed by atoms with van der Waals surface area (Å²) in [6.45, 7) is 4.34. The molecule has 0 saturated carbocycles. The molecule has 1 aliphatic rings. The van der Waals surface area contributed by atoms with Gasteiger partial charge >= 0.3 is 5.97 Å². The average Bonchev–Trinajstić information content (AvgIpc) is 2.64. The van der Waals surface area contributed by atoms with Gasteiger partial charge < -0.3 is 10.0 Å². The van der Waals surface area contributed by atoms with Crippen molar-refractivity contribution in [1.29, 1.82) is 0 Å². The lowest BCUT2D eigenvalue weighted by Gasteiger charge is -2.23. The lowest BCUT2D eigenvalue weighted by molar-refractivity contribution is 0.0697. The Morgan fingerprint density at radius 3 is 2.94 bits per heavy atom. The standard InChI is InChI=1S/C15H21NO2/c1-2-12-5-4-9-16(10-8-12)14-7-3-6-13(11-14)15(17)18/h3,6-7,11-12H,2,4-5,8-10H2,1H3,(H,17,18). The second kappa shape index (κ2) is 5.89. The minimum atomic E-state index is -0.849. The van der Waals surface area contributed by atoms with Crippen LogP contribution in [0, 0.1) is 5.92 Å². The molecular formula is C15H21NO2. The van der Waals surface area contributed by atoms with E-state index in [-0.39, 0.29) is 0 Å². The van der Waals surface area contributed by atoms with Crippen molar-refractivity contribution in [2.45, 2.75) is 32.6 Å². The molecule has 0 radical (unpaired) electrons. The Kier molecular flexibility index (Phi) is 4.24. The number of aromatic carboxylic acids is 1. The first-order valence-corrected chi connectivity index (χ1v) is 6.79. The number of rotatable bonds is 3. The summed E-state index contributed by atoms with van der Waals surface area (Å²) in [4.78, 5) is 13.3. The van der Waals surface area contributed by atoms with E-state index in [2.05, 4.69) is 11.8 Å². The number of nitrogens with zero attached hydrogens (tertiary/aromatic N) is 1. The molecule has 3 nitrogen and oxygen atoms in total. The van der Waals surface area contributed by atoms with Gasteiger partial charge in [0.15, 0.2) is 0 Å². The number of carbonyl (C=O) groups is 1. The van der Waals surface area contributed by atoms with E-state index in [1.165, 1.54) is 25.7 Å². The normalized spacial score (nSPS) is 20.5. The van der Waals surface area contributed by atoms with Crippen LogP contribution in [0.25, 0.3) is 0 Å². The van der Waals surface area contributed by atoms with Crippen molar-refractivity contribution in [3.05, 3.63) is 29.8 Å². The summed E-state index contributed by atoms with van der Waals surface area (Å²) < 4.78 is 0. The van der Waals surface area contributed by atoms with E-state index in [9.17, 15) is 4.79 Å². The maximum absolute atomic E-state index is 11.0. The topological polar surface area (TPSA) is 40.5 Å². The SMILES string of the molecule is CCC1CCCN(c2cccc(C(=O)O)c2)CC1. The van der Waals surface area contributed by atoms with E-state index in [1.807, 2.05) is 12.1 Å². The number of carboxylic acids is 1. The van der Waals surface area contributed by atoms with Gasteiger partial charge in [-0.25, -0.2) is 4.79 Å². The van der Waals surface area contributed by atoms with E-state index in [0.717, 1.165) is 24.7 Å². The van der Waals surface area contributed by atoms with Crippen molar-refractivity contribution in [3.8, 4) is 0 Å². The zero-order chi connectivity index (χ0) is 13.0. The highest BCUT2D eigenvalue weighted by Crippen LogP contribution is 2.25. The van der Waals surface area contributed by atoms with Crippen molar-refractivity contribution < 1.29 is 9.90 Å². The van der Waals surface area contributed by atoms with Crippen LogP contribution in [-0.2, 0) is 0 Å². The first-order chi connectivity index (χ1) is 8.70. The third-order valence-corrected chi connectivity index (χ3v) is 3.88. The largest absolute Gasteiger partial charge is 0.478 e. The molecule has 98 valence electrons. The minimum Gasteiger partial charge on any atom is -0.478 e. The van der Waals surface area contributed by atoms with Gasteiger partial charge in [0.1, 0.15) is 0 Å². The summed E-state index contributed by atoms with van der Waals surface area (Å²) in [5, 5.41) is 9.02. The number of benzene rings is 1. The highest BCUT2D eigenvalue weighted by atomic mass is 16.4. The van der Waals surface area contributed by atoms with Gasteiger partial charge in [-0.05, 0) is 43.4 Å². The van der Waals surface area contributed by atoms with Gasteiger partial charge in [-0.1, -0.05) is 19.4 Å². The Hall–Kier alpha value is -1.51. The fraction of sp³-hybridized carbons (Fsp3) is 0.533. The van der Waals surface area contributed by atoms with Gasteiger partial charge in [-0.2, -0.15) is 0 Å². The first-order valence-electron chi connectivity index (χ1n) is 6.79. The summed E-state index contributed by atoms with van der Waals surface area (Å²) in [6.07, 6.45) is 4.97. The Morgan fingerprint density at radius 1 is 1.39 bits per heavy atom. The van der Waals surface area contributed by atoms with Gasteiger partial charge in [0.05, 0.1) is 5.56 Å². The Labute approximate surface area is 108 Å². The zero-order valence-electron chi connectivity index (χ0n) is 10.9. The summed E-state index contributed by atoms with van der Waals surface area (Å²) in [6, 6.07) is 7.28. The fourth-order valence-corrected chi connectivity index (χ4v) is 2.67. The van der Waals surface area contributed by atoms with Crippen LogP contribution in [0.15, 0.2) is 24.3 Å². The molecule has 2 rings (SSSR count). The van der Waals surface area contributed by atoms with E-state index in [4.69, 9.17) is 5.11 Å². The molecule has 0 spiro atoms. The molecule has 1 aliphatic heterocycles. The number of anilines is 1. The zero-order valence-corrected chi connectivity index (χ0v) is 10.9. The predicted octanol–water partition coefficient (Wildman–Crippen LogP) is 3.40. The molecule has 1 unspecified atom stereocenters. The number of hydrogen-bond donors (Lipinski definition) is 1. The van der Waals surface area contributed by atoms with Crippen molar-refractivity contribution in [2.24, 2.45) is 5.92 Å². The quantitative estimate of drug-likeness (QED) is 0.890. The van der Waals surface area contributed by atoms with Crippen LogP contribution in [0.1, 0.15) is 43.0 Å². The highest BCUT2D eigenvalue weighted by Gasteiger charge is 2.16. The summed E-state index contributed by atoms with van der Waals surface area (Å²) in [5.74, 6) is -0.0178. The van der Waals surface area contributed by atoms with E-state index in [0.29, 0.717) is 5.56 Å². The molecule has 3 heteroatoms. The van der Waals surface area contributed by atoms with Crippen molar-refractivity contribution in [1.82, 2.24) is 0 Å². The molecule has 1 atom stereocenters. The molecule has 1 fully saturated rings. The Balaban J connectivity index is 2.11. The van der Waals surface area contributed by atoms with Crippen LogP contribution in [-0.4, -0.2) is 24.2 Å². The summed E-state index contributed by atoms with van der Waals surface area (Å²) in [5.41, 5.74) is 1.43. The van der Waals surface area contributed by atoms with Crippen LogP contribution in [0.5, 0.6) is 0 Å². The van der Waals surface area contributed by atoms with Crippen LogP contribution < -0.4 is 4.90 Å². The number of hydrogen-bond acceptors (Lipinski definition) is 2. The summed E-state index contributed by atoms with van der Waals surface area (Å²) in [7, 11) is 0. The molecule has 1 heterocycles. The van der Waals surface area contributed by atoms with Gasteiger partial charge in [0.2, 0.25) is 0 Å². The Morgan fingerprint density at radius 2 is 2.22 bits per heavy atom. The second-order valence-electron chi connectivity index (χ2n) is 5.05. The fourth-order valence-electron chi connectivity index (χ4n) is 2.67. The van der Waals surface area contributed by atoms with E-state index in [1.54, 1.807) is 12.1 Å². The molecule has 0 aliphatic carbocycles. The van der Waals surface area contributed by atoms with Gasteiger partial charge in [0.25, 0.3) is 0 Å². The monoisotopic (exact) mass is 247 g/mol. The second-order valence-corrected chi connectivity index (χ2v) is 5.05. The first kappa shape index (κ1) is 12.9. The predicted molar refractivity (Wildman–Crippen MR) is 73.2 cm³/mol. The molecule has 0 amide bonds. The van der Waals surface area contributed by atoms with E-state index < -0.39 is 5.97 Å². The molecule has 18 heavy (non-hydrogen) atoms. The molecule has 1 N–H and O–H groups in total. The van der Waals surface area contributed by atoms with Crippen LogP contribution in [0.4, 0.5) is 5.69 Å². The smallest absolute Gasteiger partial charge is 0.335 e. The van der Waals surface area contributed by atoms with Crippen LogP contribution in [0.2, 0.25) is 0 Å². The average molecular weight is 247 g/mol. The van der Waals surface area contributed by atoms with Crippen molar-refractivity contribution in [2.75, 3.05) is 18.0 Å².